The lowest BCUT2D eigenvalue weighted by atomic mass is 9.89. The van der Waals surface area contributed by atoms with Crippen molar-refractivity contribution in [2.24, 2.45) is 5.41 Å². The lowest BCUT2D eigenvalue weighted by Crippen LogP contribution is -2.23. The van der Waals surface area contributed by atoms with Gasteiger partial charge in [0.05, 0.1) is 11.7 Å². The molecule has 62 valence electrons. The molecular formula is C9H15NO. The van der Waals surface area contributed by atoms with Crippen molar-refractivity contribution in [1.29, 1.82) is 5.26 Å². The number of hydrogen-bond donors (Lipinski definition) is 1. The maximum absolute atomic E-state index is 9.51. The van der Waals surface area contributed by atoms with E-state index in [1.807, 2.05) is 13.8 Å². The summed E-state index contributed by atoms with van der Waals surface area (Å²) in [6, 6.07) is 2.18. The largest absolute Gasteiger partial charge is 0.390 e. The van der Waals surface area contributed by atoms with Gasteiger partial charge in [0, 0.05) is 6.42 Å². The van der Waals surface area contributed by atoms with Gasteiger partial charge in [-0.05, 0) is 38.5 Å². The Balaban J connectivity index is 2.43. The van der Waals surface area contributed by atoms with Gasteiger partial charge < -0.3 is 5.11 Å². The van der Waals surface area contributed by atoms with Gasteiger partial charge in [-0.2, -0.15) is 5.26 Å². The molecule has 0 unspecified atom stereocenters. The fourth-order valence-corrected chi connectivity index (χ4v) is 1.68. The van der Waals surface area contributed by atoms with Crippen LogP contribution in [0.3, 0.4) is 0 Å². The molecule has 1 fully saturated rings. The Hall–Kier alpha value is -0.550. The molecule has 0 aromatic rings. The second kappa shape index (κ2) is 2.49. The minimum atomic E-state index is -0.604. The molecule has 1 aliphatic carbocycles. The van der Waals surface area contributed by atoms with Crippen LogP contribution in [0.5, 0.6) is 0 Å². The molecule has 0 aliphatic heterocycles. The van der Waals surface area contributed by atoms with Crippen LogP contribution in [-0.4, -0.2) is 10.7 Å². The molecular weight excluding hydrogens is 138 g/mol. The van der Waals surface area contributed by atoms with Gasteiger partial charge in [0.15, 0.2) is 0 Å². The predicted molar refractivity (Wildman–Crippen MR) is 42.8 cm³/mol. The third-order valence-electron chi connectivity index (χ3n) is 2.22. The summed E-state index contributed by atoms with van der Waals surface area (Å²) in [6.07, 6.45) is 3.61. The Bertz CT molecular complexity index is 181. The van der Waals surface area contributed by atoms with E-state index in [2.05, 4.69) is 6.07 Å². The molecule has 0 heterocycles. The Morgan fingerprint density at radius 1 is 1.55 bits per heavy atom. The van der Waals surface area contributed by atoms with Crippen molar-refractivity contribution in [2.75, 3.05) is 0 Å². The van der Waals surface area contributed by atoms with E-state index in [4.69, 9.17) is 5.26 Å². The van der Waals surface area contributed by atoms with Crippen LogP contribution in [0, 0.1) is 16.7 Å². The summed E-state index contributed by atoms with van der Waals surface area (Å²) < 4.78 is 0. The lowest BCUT2D eigenvalue weighted by Gasteiger charge is -2.22. The molecule has 1 N–H and O–H groups in total. The molecule has 0 saturated heterocycles. The number of rotatable bonds is 3. The topological polar surface area (TPSA) is 44.0 Å². The van der Waals surface area contributed by atoms with Crippen molar-refractivity contribution >= 4 is 0 Å². The first-order chi connectivity index (χ1) is 4.97. The van der Waals surface area contributed by atoms with Gasteiger partial charge >= 0.3 is 0 Å². The third kappa shape index (κ3) is 2.51. The minimum absolute atomic E-state index is 0.174. The first-order valence-corrected chi connectivity index (χ1v) is 4.07. The molecule has 0 spiro atoms. The fourth-order valence-electron chi connectivity index (χ4n) is 1.68. The van der Waals surface area contributed by atoms with Gasteiger partial charge in [-0.3, -0.25) is 0 Å². The highest BCUT2D eigenvalue weighted by molar-refractivity contribution is 5.01. The van der Waals surface area contributed by atoms with E-state index in [0.29, 0.717) is 6.42 Å². The Morgan fingerprint density at radius 3 is 2.36 bits per heavy atom. The van der Waals surface area contributed by atoms with Gasteiger partial charge in [0.2, 0.25) is 0 Å². The molecule has 0 bridgehead atoms. The van der Waals surface area contributed by atoms with Gasteiger partial charge in [-0.25, -0.2) is 0 Å². The van der Waals surface area contributed by atoms with E-state index in [9.17, 15) is 5.11 Å². The van der Waals surface area contributed by atoms with Crippen LogP contribution in [0.4, 0.5) is 0 Å². The molecule has 0 amide bonds. The second-order valence-electron chi connectivity index (χ2n) is 4.32. The molecule has 1 aliphatic rings. The maximum Gasteiger partial charge on any atom is 0.0627 e. The Morgan fingerprint density at radius 2 is 2.09 bits per heavy atom. The number of nitriles is 1. The van der Waals surface area contributed by atoms with E-state index < -0.39 is 5.60 Å². The highest BCUT2D eigenvalue weighted by Gasteiger charge is 2.45. The molecule has 0 atom stereocenters. The van der Waals surface area contributed by atoms with Crippen molar-refractivity contribution in [2.45, 2.75) is 45.1 Å². The smallest absolute Gasteiger partial charge is 0.0627 e. The van der Waals surface area contributed by atoms with Crippen LogP contribution >= 0.6 is 0 Å². The molecule has 2 heteroatoms. The third-order valence-corrected chi connectivity index (χ3v) is 2.22. The molecule has 1 rings (SSSR count). The normalized spacial score (nSPS) is 20.9. The Kier molecular flexibility index (Phi) is 1.94. The van der Waals surface area contributed by atoms with E-state index >= 15 is 0 Å². The van der Waals surface area contributed by atoms with Crippen molar-refractivity contribution in [3.8, 4) is 6.07 Å². The lowest BCUT2D eigenvalue weighted by molar-refractivity contribution is 0.0483. The molecule has 11 heavy (non-hydrogen) atoms. The summed E-state index contributed by atoms with van der Waals surface area (Å²) in [5.41, 5.74) is -0.430. The van der Waals surface area contributed by atoms with E-state index in [1.54, 1.807) is 0 Å². The summed E-state index contributed by atoms with van der Waals surface area (Å²) in [6.45, 7) is 3.62. The summed E-state index contributed by atoms with van der Waals surface area (Å²) in [5.74, 6) is 0. The van der Waals surface area contributed by atoms with E-state index in [1.165, 1.54) is 0 Å². The summed E-state index contributed by atoms with van der Waals surface area (Å²) in [7, 11) is 0. The highest BCUT2D eigenvalue weighted by atomic mass is 16.3. The number of aliphatic hydroxyl groups is 1. The summed E-state index contributed by atoms with van der Waals surface area (Å²) >= 11 is 0. The van der Waals surface area contributed by atoms with Crippen LogP contribution < -0.4 is 0 Å². The molecule has 1 saturated carbocycles. The monoisotopic (exact) mass is 153 g/mol. The van der Waals surface area contributed by atoms with Crippen LogP contribution in [0.25, 0.3) is 0 Å². The van der Waals surface area contributed by atoms with Gasteiger partial charge in [0.25, 0.3) is 0 Å². The average Bonchev–Trinajstić information content (AvgIpc) is 2.44. The van der Waals surface area contributed by atoms with Gasteiger partial charge in [0.1, 0.15) is 0 Å². The van der Waals surface area contributed by atoms with E-state index in [-0.39, 0.29) is 5.41 Å². The van der Waals surface area contributed by atoms with Gasteiger partial charge in [-0.15, -0.1) is 0 Å². The van der Waals surface area contributed by atoms with Crippen molar-refractivity contribution in [3.05, 3.63) is 0 Å². The molecule has 0 aromatic heterocycles. The van der Waals surface area contributed by atoms with Crippen molar-refractivity contribution < 1.29 is 5.11 Å². The summed E-state index contributed by atoms with van der Waals surface area (Å²) in [4.78, 5) is 0. The Labute approximate surface area is 67.8 Å². The zero-order chi connectivity index (χ0) is 8.54. The first kappa shape index (κ1) is 8.55. The van der Waals surface area contributed by atoms with Gasteiger partial charge in [-0.1, -0.05) is 0 Å². The molecule has 0 radical (unpaired) electrons. The van der Waals surface area contributed by atoms with Crippen LogP contribution in [-0.2, 0) is 0 Å². The first-order valence-electron chi connectivity index (χ1n) is 4.07. The minimum Gasteiger partial charge on any atom is -0.390 e. The highest BCUT2D eigenvalue weighted by Crippen LogP contribution is 2.53. The molecule has 0 aromatic carbocycles. The predicted octanol–water partition coefficient (Wildman–Crippen LogP) is 1.84. The quantitative estimate of drug-likeness (QED) is 0.672. The van der Waals surface area contributed by atoms with Crippen molar-refractivity contribution in [1.82, 2.24) is 0 Å². The zero-order valence-corrected chi connectivity index (χ0v) is 7.22. The molecule has 2 nitrogen and oxygen atoms in total. The number of nitrogens with zero attached hydrogens (tertiary/aromatic N) is 1. The number of hydrogen-bond acceptors (Lipinski definition) is 2. The van der Waals surface area contributed by atoms with Crippen molar-refractivity contribution in [3.63, 3.8) is 0 Å². The van der Waals surface area contributed by atoms with Crippen LogP contribution in [0.2, 0.25) is 0 Å². The summed E-state index contributed by atoms with van der Waals surface area (Å²) in [5, 5.41) is 18.0. The van der Waals surface area contributed by atoms with E-state index in [0.717, 1.165) is 19.3 Å². The zero-order valence-electron chi connectivity index (χ0n) is 7.22. The standard InChI is InChI=1S/C9H15NO/c1-8(2,11)7-9(3-4-9)5-6-10/h11H,3-5,7H2,1-2H3. The second-order valence-corrected chi connectivity index (χ2v) is 4.32. The average molecular weight is 153 g/mol. The van der Waals surface area contributed by atoms with Crippen LogP contribution in [0.15, 0.2) is 0 Å². The van der Waals surface area contributed by atoms with Crippen LogP contribution in [0.1, 0.15) is 39.5 Å². The fraction of sp³-hybridized carbons (Fsp3) is 0.889. The SMILES string of the molecule is CC(C)(O)CC1(CC#N)CC1. The maximum atomic E-state index is 9.51.